The lowest BCUT2D eigenvalue weighted by Crippen LogP contribution is -2.21. The summed E-state index contributed by atoms with van der Waals surface area (Å²) in [4.78, 5) is 24.6. The fourth-order valence-corrected chi connectivity index (χ4v) is 2.67. The van der Waals surface area contributed by atoms with Crippen molar-refractivity contribution >= 4 is 11.6 Å². The molecule has 0 aromatic heterocycles. The number of ketones is 2. The highest BCUT2D eigenvalue weighted by atomic mass is 16.7. The minimum atomic E-state index is -0.538. The van der Waals surface area contributed by atoms with E-state index in [0.717, 1.165) is 0 Å². The highest BCUT2D eigenvalue weighted by Gasteiger charge is 2.33. The van der Waals surface area contributed by atoms with Gasteiger partial charge in [0.25, 0.3) is 0 Å². The van der Waals surface area contributed by atoms with Crippen LogP contribution in [0.4, 0.5) is 0 Å². The van der Waals surface area contributed by atoms with Gasteiger partial charge in [0.15, 0.2) is 11.5 Å². The van der Waals surface area contributed by atoms with Gasteiger partial charge < -0.3 is 14.2 Å². The summed E-state index contributed by atoms with van der Waals surface area (Å²) in [6.07, 6.45) is 0. The molecular formula is C16H10O5. The van der Waals surface area contributed by atoms with E-state index in [2.05, 4.69) is 0 Å². The first kappa shape index (κ1) is 12.0. The van der Waals surface area contributed by atoms with Gasteiger partial charge in [0.1, 0.15) is 5.75 Å². The lowest BCUT2D eigenvalue weighted by Gasteiger charge is -2.18. The summed E-state index contributed by atoms with van der Waals surface area (Å²) < 4.78 is 15.7. The van der Waals surface area contributed by atoms with Gasteiger partial charge in [-0.1, -0.05) is 0 Å². The van der Waals surface area contributed by atoms with Gasteiger partial charge in [-0.25, -0.2) is 0 Å². The number of hydrogen-bond acceptors (Lipinski definition) is 5. The Labute approximate surface area is 120 Å². The molecule has 5 heteroatoms. The Morgan fingerprint density at radius 1 is 0.857 bits per heavy atom. The zero-order valence-electron chi connectivity index (χ0n) is 11.1. The second kappa shape index (κ2) is 4.09. The summed E-state index contributed by atoms with van der Waals surface area (Å²) in [5, 5.41) is 0. The second-order valence-corrected chi connectivity index (χ2v) is 4.82. The highest BCUT2D eigenvalue weighted by Crippen LogP contribution is 2.43. The average Bonchev–Trinajstić information content (AvgIpc) is 2.98. The summed E-state index contributed by atoms with van der Waals surface area (Å²) in [6, 6.07) is 8.44. The van der Waals surface area contributed by atoms with Crippen LogP contribution in [0.2, 0.25) is 0 Å². The van der Waals surface area contributed by atoms with Gasteiger partial charge >= 0.3 is 0 Å². The molecule has 0 spiro atoms. The predicted octanol–water partition coefficient (Wildman–Crippen LogP) is 2.47. The average molecular weight is 282 g/mol. The molecule has 104 valence electrons. The topological polar surface area (TPSA) is 61.8 Å². The van der Waals surface area contributed by atoms with Crippen molar-refractivity contribution in [3.63, 3.8) is 0 Å². The van der Waals surface area contributed by atoms with Gasteiger partial charge in [-0.15, -0.1) is 0 Å². The molecule has 1 aliphatic carbocycles. The summed E-state index contributed by atoms with van der Waals surface area (Å²) >= 11 is 0. The van der Waals surface area contributed by atoms with E-state index in [-0.39, 0.29) is 6.79 Å². The van der Waals surface area contributed by atoms with Crippen LogP contribution in [0, 0.1) is 0 Å². The third-order valence-corrected chi connectivity index (χ3v) is 3.73. The van der Waals surface area contributed by atoms with E-state index >= 15 is 0 Å². The van der Waals surface area contributed by atoms with Crippen LogP contribution in [-0.2, 0) is 0 Å². The molecule has 2 aromatic carbocycles. The Morgan fingerprint density at radius 3 is 2.14 bits per heavy atom. The molecule has 2 aliphatic rings. The molecule has 1 aliphatic heterocycles. The quantitative estimate of drug-likeness (QED) is 0.752. The van der Waals surface area contributed by atoms with Crippen LogP contribution in [0.3, 0.4) is 0 Å². The Balaban J connectivity index is 2.01. The molecule has 0 saturated carbocycles. The van der Waals surface area contributed by atoms with E-state index in [1.54, 1.807) is 30.3 Å². The van der Waals surface area contributed by atoms with E-state index < -0.39 is 11.6 Å². The summed E-state index contributed by atoms with van der Waals surface area (Å²) in [6.45, 7) is 0.121. The van der Waals surface area contributed by atoms with Crippen LogP contribution in [0.15, 0.2) is 30.3 Å². The molecule has 0 saturated heterocycles. The first-order valence-corrected chi connectivity index (χ1v) is 6.40. The Morgan fingerprint density at radius 2 is 1.48 bits per heavy atom. The van der Waals surface area contributed by atoms with Crippen molar-refractivity contribution in [1.82, 2.24) is 0 Å². The summed E-state index contributed by atoms with van der Waals surface area (Å²) in [5.74, 6) is 0.544. The molecule has 0 N–H and O–H groups in total. The standard InChI is InChI=1S/C16H10O5/c1-19-8-2-3-9-10-5-13-14(21-7-20-13)6-12(10)16(18)15(17)11(9)4-8/h2-6H,7H2,1H3. The Kier molecular flexibility index (Phi) is 2.33. The van der Waals surface area contributed by atoms with Gasteiger partial charge in [-0.05, 0) is 41.5 Å². The number of carbonyl (C=O) groups is 2. The van der Waals surface area contributed by atoms with Crippen molar-refractivity contribution in [3.8, 4) is 28.4 Å². The molecule has 0 radical (unpaired) electrons. The molecule has 21 heavy (non-hydrogen) atoms. The minimum absolute atomic E-state index is 0.121. The monoisotopic (exact) mass is 282 g/mol. The number of Topliss-reactive ketones (excluding diaryl/α,β-unsaturated/α-hetero) is 2. The maximum absolute atomic E-state index is 12.3. The lowest BCUT2D eigenvalue weighted by atomic mass is 9.83. The van der Waals surface area contributed by atoms with Crippen LogP contribution in [-0.4, -0.2) is 25.5 Å². The van der Waals surface area contributed by atoms with Gasteiger partial charge in [0.05, 0.1) is 7.11 Å². The van der Waals surface area contributed by atoms with Gasteiger partial charge in [0.2, 0.25) is 18.4 Å². The molecule has 1 heterocycles. The zero-order valence-corrected chi connectivity index (χ0v) is 11.1. The number of carbonyl (C=O) groups excluding carboxylic acids is 2. The predicted molar refractivity (Wildman–Crippen MR) is 73.2 cm³/mol. The number of rotatable bonds is 1. The molecule has 2 aromatic rings. The molecule has 0 unspecified atom stereocenters. The van der Waals surface area contributed by atoms with Crippen molar-refractivity contribution in [2.24, 2.45) is 0 Å². The van der Waals surface area contributed by atoms with Gasteiger partial charge in [0, 0.05) is 11.1 Å². The van der Waals surface area contributed by atoms with Crippen LogP contribution in [0.5, 0.6) is 17.2 Å². The minimum Gasteiger partial charge on any atom is -0.497 e. The first-order valence-electron chi connectivity index (χ1n) is 6.40. The third-order valence-electron chi connectivity index (χ3n) is 3.73. The zero-order chi connectivity index (χ0) is 14.6. The summed E-state index contributed by atoms with van der Waals surface area (Å²) in [5.41, 5.74) is 2.09. The summed E-state index contributed by atoms with van der Waals surface area (Å²) in [7, 11) is 1.52. The highest BCUT2D eigenvalue weighted by molar-refractivity contribution is 6.53. The lowest BCUT2D eigenvalue weighted by molar-refractivity contribution is 0.0815. The van der Waals surface area contributed by atoms with E-state index in [0.29, 0.717) is 39.5 Å². The molecular weight excluding hydrogens is 272 g/mol. The fourth-order valence-electron chi connectivity index (χ4n) is 2.67. The van der Waals surface area contributed by atoms with Crippen LogP contribution in [0.25, 0.3) is 11.1 Å². The maximum atomic E-state index is 12.3. The number of hydrogen-bond donors (Lipinski definition) is 0. The van der Waals surface area contributed by atoms with E-state index in [4.69, 9.17) is 14.2 Å². The van der Waals surface area contributed by atoms with Crippen molar-refractivity contribution in [2.75, 3.05) is 13.9 Å². The molecule has 0 amide bonds. The number of methoxy groups -OCH3 is 1. The van der Waals surface area contributed by atoms with E-state index in [9.17, 15) is 9.59 Å². The van der Waals surface area contributed by atoms with Gasteiger partial charge in [-0.3, -0.25) is 9.59 Å². The normalized spacial score (nSPS) is 14.7. The van der Waals surface area contributed by atoms with E-state index in [1.807, 2.05) is 0 Å². The van der Waals surface area contributed by atoms with Crippen molar-refractivity contribution in [1.29, 1.82) is 0 Å². The smallest absolute Gasteiger partial charge is 0.234 e. The first-order chi connectivity index (χ1) is 10.2. The van der Waals surface area contributed by atoms with Gasteiger partial charge in [-0.2, -0.15) is 0 Å². The SMILES string of the molecule is COc1ccc2c(c1)C(=O)C(=O)c1cc3c(cc1-2)OCO3. The fraction of sp³-hybridized carbons (Fsp3) is 0.125. The molecule has 5 nitrogen and oxygen atoms in total. The largest absolute Gasteiger partial charge is 0.497 e. The van der Waals surface area contributed by atoms with Crippen molar-refractivity contribution in [3.05, 3.63) is 41.5 Å². The van der Waals surface area contributed by atoms with Crippen LogP contribution < -0.4 is 14.2 Å². The Hall–Kier alpha value is -2.82. The number of benzene rings is 2. The van der Waals surface area contributed by atoms with Crippen molar-refractivity contribution < 1.29 is 23.8 Å². The number of ether oxygens (including phenoxy) is 3. The van der Waals surface area contributed by atoms with Crippen LogP contribution >= 0.6 is 0 Å². The number of fused-ring (bicyclic) bond motifs is 4. The second-order valence-electron chi connectivity index (χ2n) is 4.82. The van der Waals surface area contributed by atoms with E-state index in [1.165, 1.54) is 7.11 Å². The van der Waals surface area contributed by atoms with Crippen LogP contribution in [0.1, 0.15) is 20.7 Å². The molecule has 0 atom stereocenters. The third kappa shape index (κ3) is 1.57. The molecule has 4 rings (SSSR count). The Bertz CT molecular complexity index is 807. The van der Waals surface area contributed by atoms with Crippen molar-refractivity contribution in [2.45, 2.75) is 0 Å². The molecule has 0 fully saturated rings. The maximum Gasteiger partial charge on any atom is 0.234 e. The molecule has 0 bridgehead atoms.